The van der Waals surface area contributed by atoms with Crippen LogP contribution in [0.4, 0.5) is 18.9 Å². The molecule has 38 heavy (non-hydrogen) atoms. The van der Waals surface area contributed by atoms with Crippen molar-refractivity contribution in [1.82, 2.24) is 10.6 Å². The molecule has 5 rings (SSSR count). The van der Waals surface area contributed by atoms with Gasteiger partial charge in [-0.3, -0.25) is 9.59 Å². The molecule has 0 bridgehead atoms. The third-order valence-electron chi connectivity index (χ3n) is 8.02. The summed E-state index contributed by atoms with van der Waals surface area (Å²) >= 11 is 6.02. The molecule has 2 aromatic rings. The molecule has 1 aliphatic carbocycles. The summed E-state index contributed by atoms with van der Waals surface area (Å²) in [6.45, 7) is 7.54. The van der Waals surface area contributed by atoms with E-state index in [9.17, 15) is 23.5 Å². The van der Waals surface area contributed by atoms with Crippen molar-refractivity contribution >= 4 is 29.1 Å². The maximum Gasteiger partial charge on any atom is 0.238 e. The maximum absolute atomic E-state index is 15.5. The summed E-state index contributed by atoms with van der Waals surface area (Å²) in [5.41, 5.74) is -2.56. The standard InChI is InChI=1S/C28H31ClF3N3O3/c1-26(2,3)12-20-28(15-8-18(31)16(29)9-19(15)34-25(28)37)21(14-6-5-7-17(30)22(14)32)23(35-20)24(36)33-13-10-27(4,38)11-13/h5-9,13,20-21,23,35,38H,10-12H2,1-4H3,(H,33,36)(H,34,37)/t13-,20-,21-,23+,27+,28+/m0/s1. The van der Waals surface area contributed by atoms with Gasteiger partial charge in [-0.1, -0.05) is 44.5 Å². The van der Waals surface area contributed by atoms with Crippen LogP contribution in [0.3, 0.4) is 0 Å². The fourth-order valence-electron chi connectivity index (χ4n) is 6.56. The third kappa shape index (κ3) is 4.28. The van der Waals surface area contributed by atoms with E-state index in [1.807, 2.05) is 20.8 Å². The molecule has 2 aliphatic heterocycles. The molecule has 0 aromatic heterocycles. The van der Waals surface area contributed by atoms with Gasteiger partial charge < -0.3 is 21.1 Å². The molecular formula is C28H31ClF3N3O3. The molecule has 2 amide bonds. The first-order chi connectivity index (χ1) is 17.6. The quantitative estimate of drug-likeness (QED) is 0.451. The topological polar surface area (TPSA) is 90.5 Å². The van der Waals surface area contributed by atoms with Crippen LogP contribution >= 0.6 is 11.6 Å². The Morgan fingerprint density at radius 3 is 2.50 bits per heavy atom. The van der Waals surface area contributed by atoms with Crippen molar-refractivity contribution in [2.45, 2.75) is 82.0 Å². The number of fused-ring (bicyclic) bond motifs is 2. The van der Waals surface area contributed by atoms with Gasteiger partial charge in [-0.25, -0.2) is 13.2 Å². The average molecular weight is 550 g/mol. The van der Waals surface area contributed by atoms with Crippen LogP contribution in [-0.4, -0.2) is 40.6 Å². The number of hydrogen-bond donors (Lipinski definition) is 4. The van der Waals surface area contributed by atoms with E-state index in [2.05, 4.69) is 16.0 Å². The fourth-order valence-corrected chi connectivity index (χ4v) is 6.72. The molecule has 2 fully saturated rings. The SMILES string of the molecule is CC(C)(C)C[C@@H]1N[C@@H](C(=O)N[C@H]2C[C@@](C)(O)C2)[C@H](c2cccc(F)c2F)[C@]12C(=O)Nc1cc(Cl)c(F)cc12. The molecule has 10 heteroatoms. The Morgan fingerprint density at radius 1 is 1.18 bits per heavy atom. The van der Waals surface area contributed by atoms with Crippen molar-refractivity contribution in [3.63, 3.8) is 0 Å². The first-order valence-electron chi connectivity index (χ1n) is 12.7. The van der Waals surface area contributed by atoms with E-state index >= 15 is 4.39 Å². The largest absolute Gasteiger partial charge is 0.390 e. The lowest BCUT2D eigenvalue weighted by atomic mass is 9.62. The van der Waals surface area contributed by atoms with Gasteiger partial charge in [-0.05, 0) is 60.9 Å². The first-order valence-corrected chi connectivity index (χ1v) is 13.1. The molecule has 4 atom stereocenters. The lowest BCUT2D eigenvalue weighted by molar-refractivity contribution is -0.127. The first kappa shape index (κ1) is 27.0. The summed E-state index contributed by atoms with van der Waals surface area (Å²) in [5, 5.41) is 18.9. The molecule has 6 nitrogen and oxygen atoms in total. The summed E-state index contributed by atoms with van der Waals surface area (Å²) < 4.78 is 45.0. The molecule has 1 spiro atoms. The predicted molar refractivity (Wildman–Crippen MR) is 137 cm³/mol. The van der Waals surface area contributed by atoms with E-state index < -0.39 is 58.3 Å². The van der Waals surface area contributed by atoms with Gasteiger partial charge in [0.05, 0.1) is 16.7 Å². The van der Waals surface area contributed by atoms with Crippen molar-refractivity contribution in [2.75, 3.05) is 5.32 Å². The Kier molecular flexibility index (Phi) is 6.36. The summed E-state index contributed by atoms with van der Waals surface area (Å²) in [6.07, 6.45) is 1.04. The molecule has 1 saturated carbocycles. The normalized spacial score (nSPS) is 32.2. The highest BCUT2D eigenvalue weighted by molar-refractivity contribution is 6.31. The second kappa shape index (κ2) is 8.96. The molecule has 1 saturated heterocycles. The zero-order valence-corrected chi connectivity index (χ0v) is 22.3. The van der Waals surface area contributed by atoms with Gasteiger partial charge in [-0.15, -0.1) is 0 Å². The van der Waals surface area contributed by atoms with Crippen molar-refractivity contribution in [3.8, 4) is 0 Å². The van der Waals surface area contributed by atoms with Gasteiger partial charge in [0.1, 0.15) is 11.2 Å². The van der Waals surface area contributed by atoms with Gasteiger partial charge in [0.25, 0.3) is 0 Å². The van der Waals surface area contributed by atoms with Crippen LogP contribution in [0.2, 0.25) is 5.02 Å². The van der Waals surface area contributed by atoms with E-state index in [0.29, 0.717) is 19.3 Å². The minimum Gasteiger partial charge on any atom is -0.390 e. The smallest absolute Gasteiger partial charge is 0.238 e. The van der Waals surface area contributed by atoms with Crippen LogP contribution in [0, 0.1) is 22.9 Å². The van der Waals surface area contributed by atoms with Crippen molar-refractivity contribution in [3.05, 3.63) is 63.9 Å². The molecule has 2 heterocycles. The van der Waals surface area contributed by atoms with Crippen LogP contribution in [0.1, 0.15) is 64.0 Å². The lowest BCUT2D eigenvalue weighted by Gasteiger charge is -2.42. The Bertz CT molecular complexity index is 1320. The summed E-state index contributed by atoms with van der Waals surface area (Å²) in [7, 11) is 0. The van der Waals surface area contributed by atoms with Crippen LogP contribution in [-0.2, 0) is 15.0 Å². The van der Waals surface area contributed by atoms with Gasteiger partial charge in [0, 0.05) is 23.7 Å². The highest BCUT2D eigenvalue weighted by atomic mass is 35.5. The number of nitrogens with one attached hydrogen (secondary N) is 3. The second-order valence-corrected chi connectivity index (χ2v) is 12.7. The third-order valence-corrected chi connectivity index (χ3v) is 8.31. The van der Waals surface area contributed by atoms with E-state index in [4.69, 9.17) is 11.6 Å². The Balaban J connectivity index is 1.71. The summed E-state index contributed by atoms with van der Waals surface area (Å²) in [5.74, 6) is -5.33. The monoisotopic (exact) mass is 549 g/mol. The zero-order chi connectivity index (χ0) is 27.8. The molecule has 0 unspecified atom stereocenters. The van der Waals surface area contributed by atoms with Crippen molar-refractivity contribution < 1.29 is 27.9 Å². The Hall–Kier alpha value is -2.62. The zero-order valence-electron chi connectivity index (χ0n) is 21.6. The minimum absolute atomic E-state index is 0.159. The molecule has 2 aromatic carbocycles. The van der Waals surface area contributed by atoms with Crippen LogP contribution < -0.4 is 16.0 Å². The Labute approximate surface area is 224 Å². The Morgan fingerprint density at radius 2 is 1.87 bits per heavy atom. The van der Waals surface area contributed by atoms with E-state index in [0.717, 1.165) is 12.1 Å². The number of amides is 2. The van der Waals surface area contributed by atoms with Crippen molar-refractivity contribution in [1.29, 1.82) is 0 Å². The number of benzene rings is 2. The molecule has 3 aliphatic rings. The summed E-state index contributed by atoms with van der Waals surface area (Å²) in [4.78, 5) is 27.7. The molecular weight excluding hydrogens is 519 g/mol. The van der Waals surface area contributed by atoms with E-state index in [-0.39, 0.29) is 33.3 Å². The van der Waals surface area contributed by atoms with E-state index in [1.54, 1.807) is 6.92 Å². The van der Waals surface area contributed by atoms with Crippen LogP contribution in [0.15, 0.2) is 30.3 Å². The average Bonchev–Trinajstić information content (AvgIpc) is 3.24. The summed E-state index contributed by atoms with van der Waals surface area (Å²) in [6, 6.07) is 3.91. The fraction of sp³-hybridized carbons (Fsp3) is 0.500. The van der Waals surface area contributed by atoms with Gasteiger partial charge in [0.15, 0.2) is 11.6 Å². The number of rotatable bonds is 4. The maximum atomic E-state index is 15.5. The van der Waals surface area contributed by atoms with Crippen molar-refractivity contribution in [2.24, 2.45) is 5.41 Å². The predicted octanol–water partition coefficient (Wildman–Crippen LogP) is 4.54. The molecule has 4 N–H and O–H groups in total. The van der Waals surface area contributed by atoms with E-state index in [1.165, 1.54) is 18.2 Å². The second-order valence-electron chi connectivity index (χ2n) is 12.3. The van der Waals surface area contributed by atoms with Crippen LogP contribution in [0.5, 0.6) is 0 Å². The highest BCUT2D eigenvalue weighted by Gasteiger charge is 2.66. The van der Waals surface area contributed by atoms with Gasteiger partial charge in [0.2, 0.25) is 11.8 Å². The number of aliphatic hydroxyl groups is 1. The number of carbonyl (C=O) groups excluding carboxylic acids is 2. The molecule has 0 radical (unpaired) electrons. The highest BCUT2D eigenvalue weighted by Crippen LogP contribution is 2.57. The van der Waals surface area contributed by atoms with Gasteiger partial charge >= 0.3 is 0 Å². The van der Waals surface area contributed by atoms with Gasteiger partial charge in [-0.2, -0.15) is 0 Å². The number of carbonyl (C=O) groups is 2. The minimum atomic E-state index is -1.64. The number of halogens is 4. The lowest BCUT2D eigenvalue weighted by Crippen LogP contribution is -2.57. The molecule has 204 valence electrons. The number of anilines is 1. The van der Waals surface area contributed by atoms with Crippen LogP contribution in [0.25, 0.3) is 0 Å². The number of hydrogen-bond acceptors (Lipinski definition) is 4.